The summed E-state index contributed by atoms with van der Waals surface area (Å²) >= 11 is 3.49. The van der Waals surface area contributed by atoms with E-state index in [1.54, 1.807) is 85.2 Å². The third-order valence-corrected chi connectivity index (χ3v) is 17.6. The molecule has 2 fully saturated rings. The molecule has 12 atom stereocenters. The lowest BCUT2D eigenvalue weighted by Gasteiger charge is -2.42. The Hall–Kier alpha value is -8.34. The second-order valence-electron chi connectivity index (χ2n) is 23.8. The number of methoxy groups -OCH3 is 6. The third kappa shape index (κ3) is 21.6. The molecule has 0 aromatic heterocycles. The Morgan fingerprint density at radius 1 is 0.540 bits per heavy atom. The van der Waals surface area contributed by atoms with Crippen LogP contribution in [0.4, 0.5) is 0 Å². The van der Waals surface area contributed by atoms with Gasteiger partial charge in [0.15, 0.2) is 29.1 Å². The summed E-state index contributed by atoms with van der Waals surface area (Å²) in [6.07, 6.45) is 17.5. The quantitative estimate of drug-likeness (QED) is 0.0144. The highest BCUT2D eigenvalue weighted by molar-refractivity contribution is 9.09. The van der Waals surface area contributed by atoms with Crippen LogP contribution < -0.4 is 43.8 Å². The van der Waals surface area contributed by atoms with E-state index in [9.17, 15) is 14.7 Å². The maximum absolute atomic E-state index is 12.4. The molecule has 1 saturated carbocycles. The number of hydrogen-bond donors (Lipinski definition) is 3. The second kappa shape index (κ2) is 41.4. The van der Waals surface area contributed by atoms with Crippen LogP contribution in [0.3, 0.4) is 0 Å². The van der Waals surface area contributed by atoms with Gasteiger partial charge in [-0.1, -0.05) is 41.9 Å². The molecule has 0 spiro atoms. The van der Waals surface area contributed by atoms with Crippen molar-refractivity contribution in [3.63, 3.8) is 0 Å². The minimum Gasteiger partial charge on any atom is -0.508 e. The highest BCUT2D eigenvalue weighted by Gasteiger charge is 2.49. The summed E-state index contributed by atoms with van der Waals surface area (Å²) in [6, 6.07) is 14.5. The monoisotopic (exact) mass is 1460 g/mol. The van der Waals surface area contributed by atoms with Crippen molar-refractivity contribution in [1.29, 1.82) is 0 Å². The first-order valence-corrected chi connectivity index (χ1v) is 33.9. The summed E-state index contributed by atoms with van der Waals surface area (Å²) in [4.78, 5) is 88.6. The Labute approximate surface area is 595 Å². The SMILES string of the molecule is C/C=C/OOC[C@H]1C[C@H](Oc2ccc3c(c2)[C@@H](NC(C)=O)CCc2cc(OC)c(OC)c(OC)c2-3)[C@H](C)[C@@H](OO/C=C/C)[C@@H]1OO/C=C/C.C/C=C/OO[C@@H]1[C@@H](C)[C@@H](Br)O[C@H](COOC=C(C)C)[C@H]1OO/C=C/C.COc1cc2c(c(OC)c1OC)-c1ccc(O)cc1[C@@H](NC(C)=O)CC2. The number of rotatable bonds is 30. The Morgan fingerprint density at radius 3 is 1.46 bits per heavy atom. The van der Waals surface area contributed by atoms with E-state index in [0.717, 1.165) is 50.1 Å². The van der Waals surface area contributed by atoms with Crippen LogP contribution in [0.1, 0.15) is 130 Å². The largest absolute Gasteiger partial charge is 0.508 e. The molecule has 3 aliphatic carbocycles. The predicted molar refractivity (Wildman–Crippen MR) is 374 cm³/mol. The maximum Gasteiger partial charge on any atom is 0.217 e. The Bertz CT molecular complexity index is 3420. The number of amides is 2. The number of phenolic OH excluding ortho intramolecular Hbond substituents is 1. The Balaban J connectivity index is 0.000000260. The molecular formula is C74H99BrN2O23. The zero-order valence-corrected chi connectivity index (χ0v) is 61.7. The Morgan fingerprint density at radius 2 is 0.990 bits per heavy atom. The van der Waals surface area contributed by atoms with Crippen LogP contribution in [0.15, 0.2) is 122 Å². The van der Waals surface area contributed by atoms with Gasteiger partial charge in [-0.15, -0.1) is 0 Å². The molecule has 3 N–H and O–H groups in total. The van der Waals surface area contributed by atoms with Gasteiger partial charge < -0.3 is 83.0 Å². The standard InChI is InChI=1S/C37H49NO11.C20H23NO5.C17H27BrO7/c1-9-16-43-46-22-26-20-31(23(4)34(48-44-17-10-2)35(26)49-45-18-11-3)47-27-13-14-28-29(21-27)30(38-24(5)39)15-12-25-19-32(40-6)36(41-7)37(42-8)33(25)28;1-11(22)21-16-8-5-12-9-17(24-2)19(25-3)20(26-4)18(12)14-7-6-13(23)10-15(14)16;1-6-8-19-24-15-13(5)17(18)23-14(11-22-21-10-12(3)4)16(15)25-20-9-7-2/h9-11,13-14,16-19,21,23,26,30-31,34-35H,12,15,20,22H2,1-8H3,(H,38,39);6-7,9-10,16,23H,5,8H2,1-4H3,(H,21,22);6-10,13-17H,11H2,1-5H3/b16-9+,17-10+,18-11+;;8-6+,9-7+/t23-,26+,30-,31-,34+,35+;16-;13-,14-,15-,16-,17+/m001/s1. The number of fused-ring (bicyclic) bond motifs is 6. The van der Waals surface area contributed by atoms with Crippen LogP contribution in [0.5, 0.6) is 46.0 Å². The smallest absolute Gasteiger partial charge is 0.217 e. The molecule has 1 saturated heterocycles. The van der Waals surface area contributed by atoms with Crippen LogP contribution in [0, 0.1) is 17.8 Å². The number of carbonyl (C=O) groups is 2. The summed E-state index contributed by atoms with van der Waals surface area (Å²) in [6.45, 7) is 20.2. The molecule has 550 valence electrons. The van der Waals surface area contributed by atoms with E-state index in [4.69, 9.17) is 96.5 Å². The summed E-state index contributed by atoms with van der Waals surface area (Å²) in [5.41, 5.74) is 8.36. The van der Waals surface area contributed by atoms with E-state index in [1.807, 2.05) is 98.7 Å². The molecule has 0 unspecified atom stereocenters. The molecule has 100 heavy (non-hydrogen) atoms. The van der Waals surface area contributed by atoms with Gasteiger partial charge in [0.1, 0.15) is 91.2 Å². The predicted octanol–water partition coefficient (Wildman–Crippen LogP) is 14.6. The molecule has 2 amide bonds. The number of aromatic hydroxyl groups is 1. The fourth-order valence-electron chi connectivity index (χ4n) is 12.0. The van der Waals surface area contributed by atoms with Crippen molar-refractivity contribution in [3.05, 3.63) is 144 Å². The number of ether oxygens (including phenoxy) is 8. The second-order valence-corrected chi connectivity index (χ2v) is 24.7. The summed E-state index contributed by atoms with van der Waals surface area (Å²) in [7, 11) is 9.54. The van der Waals surface area contributed by atoms with E-state index >= 15 is 0 Å². The van der Waals surface area contributed by atoms with Gasteiger partial charge in [0.05, 0.1) is 61.3 Å². The number of alkyl halides is 1. The molecule has 0 radical (unpaired) electrons. The van der Waals surface area contributed by atoms with E-state index in [1.165, 1.54) is 51.4 Å². The molecule has 25 nitrogen and oxygen atoms in total. The van der Waals surface area contributed by atoms with E-state index < -0.39 is 30.5 Å². The first-order valence-electron chi connectivity index (χ1n) is 33.0. The Kier molecular flexibility index (Phi) is 33.4. The molecule has 1 heterocycles. The average Bonchev–Trinajstić information content (AvgIpc) is 1.46. The first-order chi connectivity index (χ1) is 48.3. The van der Waals surface area contributed by atoms with Gasteiger partial charge in [-0.3, -0.25) is 9.59 Å². The number of allylic oxidation sites excluding steroid dienone is 6. The van der Waals surface area contributed by atoms with Crippen LogP contribution >= 0.6 is 15.9 Å². The average molecular weight is 1460 g/mol. The highest BCUT2D eigenvalue weighted by Crippen LogP contribution is 2.53. The van der Waals surface area contributed by atoms with Gasteiger partial charge in [-0.25, -0.2) is 0 Å². The lowest BCUT2D eigenvalue weighted by Crippen LogP contribution is -2.55. The first kappa shape index (κ1) is 80.6. The van der Waals surface area contributed by atoms with Gasteiger partial charge in [-0.2, -0.15) is 29.3 Å². The number of phenols is 1. The van der Waals surface area contributed by atoms with Crippen LogP contribution in [-0.4, -0.2) is 114 Å². The van der Waals surface area contributed by atoms with E-state index in [2.05, 4.69) is 26.6 Å². The van der Waals surface area contributed by atoms with Crippen molar-refractivity contribution in [2.75, 3.05) is 55.9 Å². The maximum atomic E-state index is 12.4. The van der Waals surface area contributed by atoms with Crippen molar-refractivity contribution < 1.29 is 111 Å². The van der Waals surface area contributed by atoms with Crippen molar-refractivity contribution in [3.8, 4) is 68.2 Å². The van der Waals surface area contributed by atoms with Crippen LogP contribution in [-0.2, 0) is 85.8 Å². The zero-order valence-electron chi connectivity index (χ0n) is 60.2. The van der Waals surface area contributed by atoms with E-state index in [-0.39, 0.29) is 71.7 Å². The van der Waals surface area contributed by atoms with Crippen molar-refractivity contribution >= 4 is 27.7 Å². The fraction of sp³-hybridized carbons (Fsp3) is 0.486. The van der Waals surface area contributed by atoms with Crippen LogP contribution in [0.25, 0.3) is 22.3 Å². The molecule has 1 aliphatic heterocycles. The minimum absolute atomic E-state index is 0.0700. The molecule has 4 aliphatic rings. The summed E-state index contributed by atoms with van der Waals surface area (Å²) < 4.78 is 46.6. The zero-order chi connectivity index (χ0) is 72.8. The lowest BCUT2D eigenvalue weighted by atomic mass is 9.76. The molecule has 26 heteroatoms. The topological polar surface area (TPSA) is 263 Å². The molecule has 4 aromatic carbocycles. The molecular weight excluding hydrogens is 1360 g/mol. The van der Waals surface area contributed by atoms with Gasteiger partial charge in [0.2, 0.25) is 23.3 Å². The minimum atomic E-state index is -0.609. The van der Waals surface area contributed by atoms with Gasteiger partial charge >= 0.3 is 0 Å². The number of halogens is 1. The normalized spacial score (nSPS) is 22.9. The summed E-state index contributed by atoms with van der Waals surface area (Å²) in [5, 5.41) is 15.9. The molecule has 0 bridgehead atoms. The number of aryl methyl sites for hydroxylation is 2. The highest BCUT2D eigenvalue weighted by atomic mass is 79.9. The van der Waals surface area contributed by atoms with Crippen LogP contribution in [0.2, 0.25) is 0 Å². The fourth-order valence-corrected chi connectivity index (χ4v) is 12.6. The summed E-state index contributed by atoms with van der Waals surface area (Å²) in [5.74, 6) is 3.30. The molecule has 8 rings (SSSR count). The van der Waals surface area contributed by atoms with Crippen molar-refractivity contribution in [2.24, 2.45) is 17.8 Å². The van der Waals surface area contributed by atoms with Crippen molar-refractivity contribution in [2.45, 2.75) is 162 Å². The lowest BCUT2D eigenvalue weighted by molar-refractivity contribution is -0.402. The number of nitrogens with one attached hydrogen (secondary N) is 2. The van der Waals surface area contributed by atoms with Gasteiger partial charge in [-0.05, 0) is 186 Å². The molecule has 4 aromatic rings. The number of benzene rings is 4. The van der Waals surface area contributed by atoms with Crippen molar-refractivity contribution in [1.82, 2.24) is 10.6 Å². The van der Waals surface area contributed by atoms with Gasteiger partial charge in [0.25, 0.3) is 0 Å². The number of carbonyl (C=O) groups excluding carboxylic acids is 2. The van der Waals surface area contributed by atoms with E-state index in [0.29, 0.717) is 72.4 Å². The third-order valence-electron chi connectivity index (χ3n) is 16.5. The number of hydrogen-bond acceptors (Lipinski definition) is 23. The van der Waals surface area contributed by atoms with Gasteiger partial charge in [0, 0.05) is 42.7 Å².